The maximum absolute atomic E-state index is 13.6. The second-order valence-electron chi connectivity index (χ2n) is 6.51. The van der Waals surface area contributed by atoms with Gasteiger partial charge in [0.25, 0.3) is 0 Å². The van der Waals surface area contributed by atoms with Gasteiger partial charge in [-0.2, -0.15) is 0 Å². The van der Waals surface area contributed by atoms with Crippen molar-refractivity contribution in [2.45, 2.75) is 37.6 Å². The normalized spacial score (nSPS) is 17.9. The number of amides is 1. The number of halogens is 1. The number of primary amides is 1. The molecule has 2 aromatic carbocycles. The summed E-state index contributed by atoms with van der Waals surface area (Å²) in [5, 5.41) is 3.30. The molecule has 1 fully saturated rings. The molecule has 1 aliphatic rings. The highest BCUT2D eigenvalue weighted by molar-refractivity contribution is 5.90. The number of carbonyl (C=O) groups excluding carboxylic acids is 1. The lowest BCUT2D eigenvalue weighted by molar-refractivity contribution is -0.125. The van der Waals surface area contributed by atoms with E-state index in [1.165, 1.54) is 18.6 Å². The molecule has 3 nitrogen and oxygen atoms in total. The van der Waals surface area contributed by atoms with Crippen molar-refractivity contribution in [3.8, 4) is 0 Å². The molecule has 1 atom stereocenters. The summed E-state index contributed by atoms with van der Waals surface area (Å²) >= 11 is 0. The monoisotopic (exact) mass is 326 g/mol. The van der Waals surface area contributed by atoms with Crippen LogP contribution in [0.1, 0.15) is 37.7 Å². The summed E-state index contributed by atoms with van der Waals surface area (Å²) in [5.74, 6) is -0.658. The summed E-state index contributed by atoms with van der Waals surface area (Å²) in [7, 11) is 0. The SMILES string of the molecule is NC(=O)C(Nc1cccc(F)c1)(c1ccccc1)C1CCCCC1. The van der Waals surface area contributed by atoms with Gasteiger partial charge in [0.2, 0.25) is 5.91 Å². The zero-order chi connectivity index (χ0) is 17.0. The van der Waals surface area contributed by atoms with E-state index < -0.39 is 11.4 Å². The van der Waals surface area contributed by atoms with E-state index in [0.29, 0.717) is 5.69 Å². The summed E-state index contributed by atoms with van der Waals surface area (Å²) in [5.41, 5.74) is 6.32. The largest absolute Gasteiger partial charge is 0.367 e. The highest BCUT2D eigenvalue weighted by atomic mass is 19.1. The highest BCUT2D eigenvalue weighted by Gasteiger charge is 2.46. The molecule has 0 aromatic heterocycles. The fourth-order valence-electron chi connectivity index (χ4n) is 3.85. The van der Waals surface area contributed by atoms with Crippen LogP contribution in [0.4, 0.5) is 10.1 Å². The number of hydrogen-bond acceptors (Lipinski definition) is 2. The molecule has 24 heavy (non-hydrogen) atoms. The van der Waals surface area contributed by atoms with E-state index in [1.54, 1.807) is 12.1 Å². The first-order valence-electron chi connectivity index (χ1n) is 8.52. The van der Waals surface area contributed by atoms with Crippen molar-refractivity contribution >= 4 is 11.6 Å². The topological polar surface area (TPSA) is 55.1 Å². The molecule has 1 unspecified atom stereocenters. The van der Waals surface area contributed by atoms with Gasteiger partial charge in [-0.15, -0.1) is 0 Å². The Kier molecular flexibility index (Phi) is 4.84. The van der Waals surface area contributed by atoms with E-state index in [0.717, 1.165) is 31.2 Å². The molecule has 0 aliphatic heterocycles. The van der Waals surface area contributed by atoms with E-state index in [1.807, 2.05) is 30.3 Å². The Morgan fingerprint density at radius 2 is 1.75 bits per heavy atom. The Morgan fingerprint density at radius 3 is 2.38 bits per heavy atom. The number of carbonyl (C=O) groups is 1. The van der Waals surface area contributed by atoms with E-state index in [-0.39, 0.29) is 11.7 Å². The zero-order valence-electron chi connectivity index (χ0n) is 13.7. The van der Waals surface area contributed by atoms with Crippen LogP contribution in [0.5, 0.6) is 0 Å². The quantitative estimate of drug-likeness (QED) is 0.865. The predicted octanol–water partition coefficient (Wildman–Crippen LogP) is 4.20. The van der Waals surface area contributed by atoms with Crippen molar-refractivity contribution in [3.63, 3.8) is 0 Å². The molecule has 0 radical (unpaired) electrons. The number of hydrogen-bond donors (Lipinski definition) is 2. The molecule has 1 saturated carbocycles. The first kappa shape index (κ1) is 16.5. The van der Waals surface area contributed by atoms with Crippen LogP contribution in [0.2, 0.25) is 0 Å². The molecule has 126 valence electrons. The minimum Gasteiger partial charge on any atom is -0.367 e. The van der Waals surface area contributed by atoms with Gasteiger partial charge in [0, 0.05) is 5.69 Å². The Bertz CT molecular complexity index is 698. The third-order valence-electron chi connectivity index (χ3n) is 5.00. The highest BCUT2D eigenvalue weighted by Crippen LogP contribution is 2.41. The van der Waals surface area contributed by atoms with Crippen LogP contribution in [0.25, 0.3) is 0 Å². The van der Waals surface area contributed by atoms with E-state index in [4.69, 9.17) is 5.73 Å². The van der Waals surface area contributed by atoms with Crippen molar-refractivity contribution in [1.82, 2.24) is 0 Å². The van der Waals surface area contributed by atoms with Crippen LogP contribution in [-0.4, -0.2) is 5.91 Å². The Hall–Kier alpha value is -2.36. The third kappa shape index (κ3) is 3.14. The Balaban J connectivity index is 2.08. The van der Waals surface area contributed by atoms with Gasteiger partial charge in [0.15, 0.2) is 0 Å². The summed E-state index contributed by atoms with van der Waals surface area (Å²) < 4.78 is 13.6. The molecule has 0 heterocycles. The lowest BCUT2D eigenvalue weighted by Gasteiger charge is -2.42. The third-order valence-corrected chi connectivity index (χ3v) is 5.00. The summed E-state index contributed by atoms with van der Waals surface area (Å²) in [6.07, 6.45) is 5.20. The summed E-state index contributed by atoms with van der Waals surface area (Å²) in [6, 6.07) is 15.8. The number of nitrogens with two attached hydrogens (primary N) is 1. The number of rotatable bonds is 5. The molecule has 1 amide bonds. The molecule has 0 saturated heterocycles. The molecule has 3 rings (SSSR count). The van der Waals surface area contributed by atoms with Crippen LogP contribution < -0.4 is 11.1 Å². The van der Waals surface area contributed by atoms with Gasteiger partial charge in [-0.1, -0.05) is 55.7 Å². The van der Waals surface area contributed by atoms with Crippen molar-refractivity contribution in [2.75, 3.05) is 5.32 Å². The van der Waals surface area contributed by atoms with E-state index in [9.17, 15) is 9.18 Å². The molecule has 0 bridgehead atoms. The van der Waals surface area contributed by atoms with E-state index >= 15 is 0 Å². The van der Waals surface area contributed by atoms with Gasteiger partial charge >= 0.3 is 0 Å². The van der Waals surface area contributed by atoms with Crippen molar-refractivity contribution in [1.29, 1.82) is 0 Å². The second kappa shape index (κ2) is 7.04. The standard InChI is InChI=1S/C20H23FN2O/c21-17-12-7-13-18(14-17)23-20(19(22)24,15-8-3-1-4-9-15)16-10-5-2-6-11-16/h1,3-4,7-9,12-14,16,23H,2,5-6,10-11H2,(H2,22,24). The second-order valence-corrected chi connectivity index (χ2v) is 6.51. The van der Waals surface area contributed by atoms with Crippen LogP contribution in [0.3, 0.4) is 0 Å². The first-order valence-corrected chi connectivity index (χ1v) is 8.52. The maximum atomic E-state index is 13.6. The molecular weight excluding hydrogens is 303 g/mol. The van der Waals surface area contributed by atoms with Gasteiger partial charge in [0.1, 0.15) is 11.4 Å². The van der Waals surface area contributed by atoms with Gasteiger partial charge in [-0.05, 0) is 42.5 Å². The van der Waals surface area contributed by atoms with Crippen LogP contribution in [0.15, 0.2) is 54.6 Å². The fraction of sp³-hybridized carbons (Fsp3) is 0.350. The Labute approximate surface area is 142 Å². The van der Waals surface area contributed by atoms with Gasteiger partial charge in [-0.25, -0.2) is 4.39 Å². The summed E-state index contributed by atoms with van der Waals surface area (Å²) in [4.78, 5) is 12.7. The predicted molar refractivity (Wildman–Crippen MR) is 93.9 cm³/mol. The lowest BCUT2D eigenvalue weighted by atomic mass is 9.70. The van der Waals surface area contributed by atoms with Crippen molar-refractivity contribution in [3.05, 3.63) is 66.0 Å². The smallest absolute Gasteiger partial charge is 0.248 e. The number of anilines is 1. The molecule has 0 spiro atoms. The lowest BCUT2D eigenvalue weighted by Crippen LogP contribution is -2.53. The average molecular weight is 326 g/mol. The summed E-state index contributed by atoms with van der Waals surface area (Å²) in [6.45, 7) is 0. The molecule has 2 aromatic rings. The fourth-order valence-corrected chi connectivity index (χ4v) is 3.85. The minimum absolute atomic E-state index is 0.0921. The van der Waals surface area contributed by atoms with Crippen LogP contribution >= 0.6 is 0 Å². The van der Waals surface area contributed by atoms with Gasteiger partial charge in [0.05, 0.1) is 0 Å². The first-order chi connectivity index (χ1) is 11.6. The van der Waals surface area contributed by atoms with Gasteiger partial charge in [-0.3, -0.25) is 4.79 Å². The molecule has 3 N–H and O–H groups in total. The number of nitrogens with one attached hydrogen (secondary N) is 1. The minimum atomic E-state index is -1.02. The molecule has 4 heteroatoms. The maximum Gasteiger partial charge on any atom is 0.248 e. The van der Waals surface area contributed by atoms with Crippen molar-refractivity contribution in [2.24, 2.45) is 11.7 Å². The van der Waals surface area contributed by atoms with Crippen LogP contribution in [0, 0.1) is 11.7 Å². The molecule has 1 aliphatic carbocycles. The van der Waals surface area contributed by atoms with Gasteiger partial charge < -0.3 is 11.1 Å². The Morgan fingerprint density at radius 1 is 1.04 bits per heavy atom. The molecular formula is C20H23FN2O. The zero-order valence-corrected chi connectivity index (χ0v) is 13.7. The average Bonchev–Trinajstić information content (AvgIpc) is 2.61. The van der Waals surface area contributed by atoms with Crippen molar-refractivity contribution < 1.29 is 9.18 Å². The van der Waals surface area contributed by atoms with E-state index in [2.05, 4.69) is 5.32 Å². The number of benzene rings is 2. The van der Waals surface area contributed by atoms with Crippen LogP contribution in [-0.2, 0) is 10.3 Å².